The van der Waals surface area contributed by atoms with Gasteiger partial charge in [-0.3, -0.25) is 0 Å². The van der Waals surface area contributed by atoms with Crippen LogP contribution in [0.25, 0.3) is 11.0 Å². The Bertz CT molecular complexity index is 737. The highest BCUT2D eigenvalue weighted by Gasteiger charge is 2.39. The molecule has 0 radical (unpaired) electrons. The average Bonchev–Trinajstić information content (AvgIpc) is 2.68. The molecule has 0 aliphatic carbocycles. The van der Waals surface area contributed by atoms with Crippen LogP contribution in [-0.2, 0) is 18.9 Å². The molecule has 0 amide bonds. The Morgan fingerprint density at radius 2 is 1.76 bits per heavy atom. The summed E-state index contributed by atoms with van der Waals surface area (Å²) in [5, 5.41) is 8.59. The second-order valence-electron chi connectivity index (χ2n) is 4.00. The van der Waals surface area contributed by atoms with E-state index >= 15 is 0 Å². The zero-order valence-electron chi connectivity index (χ0n) is 9.85. The van der Waals surface area contributed by atoms with E-state index in [1.807, 2.05) is 0 Å². The van der Waals surface area contributed by atoms with Crippen molar-refractivity contribution in [2.24, 2.45) is 0 Å². The summed E-state index contributed by atoms with van der Waals surface area (Å²) in [6, 6.07) is 2.67. The van der Waals surface area contributed by atoms with E-state index in [0.29, 0.717) is 16.7 Å². The van der Waals surface area contributed by atoms with Crippen LogP contribution in [0.15, 0.2) is 16.6 Å². The fourth-order valence-corrected chi connectivity index (χ4v) is 2.33. The molecule has 112 valence electrons. The Labute approximate surface area is 121 Å². The van der Waals surface area contributed by atoms with Gasteiger partial charge in [0.2, 0.25) is 5.82 Å². The van der Waals surface area contributed by atoms with E-state index in [1.165, 1.54) is 6.07 Å². The van der Waals surface area contributed by atoms with Gasteiger partial charge in [0.05, 0.1) is 17.1 Å². The highest BCUT2D eigenvalue weighted by atomic mass is 79.9. The number of hydrogen-bond donors (Lipinski definition) is 0. The lowest BCUT2D eigenvalue weighted by molar-refractivity contribution is -0.146. The van der Waals surface area contributed by atoms with Crippen molar-refractivity contribution in [2.75, 3.05) is 0 Å². The van der Waals surface area contributed by atoms with Crippen molar-refractivity contribution in [3.05, 3.63) is 28.0 Å². The minimum Gasteiger partial charge on any atom is -0.306 e. The lowest BCUT2D eigenvalue weighted by Crippen LogP contribution is -2.14. The molecular formula is C11H4BrF6N3. The maximum absolute atomic E-state index is 12.8. The average molecular weight is 372 g/mol. The molecular weight excluding hydrogens is 368 g/mol. The van der Waals surface area contributed by atoms with Crippen LogP contribution in [0.2, 0.25) is 0 Å². The van der Waals surface area contributed by atoms with Crippen LogP contribution in [0.3, 0.4) is 0 Å². The molecule has 10 heteroatoms. The van der Waals surface area contributed by atoms with Gasteiger partial charge >= 0.3 is 12.4 Å². The topological polar surface area (TPSA) is 41.6 Å². The fraction of sp³-hybridized carbons (Fsp3) is 0.273. The van der Waals surface area contributed by atoms with Gasteiger partial charge in [0, 0.05) is 4.47 Å². The summed E-state index contributed by atoms with van der Waals surface area (Å²) in [5.74, 6) is -1.42. The van der Waals surface area contributed by atoms with Gasteiger partial charge in [-0.2, -0.15) is 31.6 Å². The molecule has 1 aromatic heterocycles. The molecule has 0 N–H and O–H groups in total. The predicted octanol–water partition coefficient (Wildman–Crippen LogP) is 4.36. The monoisotopic (exact) mass is 371 g/mol. The smallest absolute Gasteiger partial charge is 0.306 e. The van der Waals surface area contributed by atoms with Gasteiger partial charge in [0.1, 0.15) is 12.1 Å². The molecule has 0 bridgehead atoms. The maximum Gasteiger partial charge on any atom is 0.449 e. The van der Waals surface area contributed by atoms with Gasteiger partial charge in [-0.05, 0) is 28.1 Å². The largest absolute Gasteiger partial charge is 0.449 e. The molecule has 0 saturated carbocycles. The molecule has 0 spiro atoms. The van der Waals surface area contributed by atoms with Crippen molar-refractivity contribution >= 4 is 27.0 Å². The molecule has 1 aromatic carbocycles. The Kier molecular flexibility index (Phi) is 3.65. The number of nitriles is 1. The van der Waals surface area contributed by atoms with E-state index < -0.39 is 35.8 Å². The third kappa shape index (κ3) is 2.83. The van der Waals surface area contributed by atoms with Gasteiger partial charge in [-0.25, -0.2) is 4.98 Å². The number of imidazole rings is 1. The Morgan fingerprint density at radius 3 is 2.24 bits per heavy atom. The van der Waals surface area contributed by atoms with Gasteiger partial charge in [0.15, 0.2) is 0 Å². The number of hydrogen-bond acceptors (Lipinski definition) is 2. The van der Waals surface area contributed by atoms with Crippen LogP contribution < -0.4 is 0 Å². The molecule has 0 fully saturated rings. The molecule has 1 heterocycles. The van der Waals surface area contributed by atoms with E-state index in [1.54, 1.807) is 0 Å². The molecule has 0 unspecified atom stereocenters. The number of fused-ring (bicyclic) bond motifs is 1. The van der Waals surface area contributed by atoms with Crippen molar-refractivity contribution in [3.63, 3.8) is 0 Å². The second kappa shape index (κ2) is 4.91. The summed E-state index contributed by atoms with van der Waals surface area (Å²) in [7, 11) is 0. The third-order valence-electron chi connectivity index (χ3n) is 2.62. The standard InChI is InChI=1S/C11H4BrF6N3/c12-6-3-5(10(13,14)15)4-7-8(6)20-9(11(16,17)18)21(7)2-1-19/h3-4H,2H2. The fourth-order valence-electron chi connectivity index (χ4n) is 1.79. The predicted molar refractivity (Wildman–Crippen MR) is 63.1 cm³/mol. The molecule has 21 heavy (non-hydrogen) atoms. The van der Waals surface area contributed by atoms with E-state index in [0.717, 1.165) is 0 Å². The lowest BCUT2D eigenvalue weighted by atomic mass is 10.2. The van der Waals surface area contributed by atoms with Gasteiger partial charge in [0.25, 0.3) is 0 Å². The molecule has 0 atom stereocenters. The first-order chi connectivity index (χ1) is 9.55. The first-order valence-electron chi connectivity index (χ1n) is 5.27. The highest BCUT2D eigenvalue weighted by Crippen LogP contribution is 2.38. The minimum atomic E-state index is -4.88. The molecule has 3 nitrogen and oxygen atoms in total. The van der Waals surface area contributed by atoms with Crippen molar-refractivity contribution in [1.82, 2.24) is 9.55 Å². The summed E-state index contributed by atoms with van der Waals surface area (Å²) in [4.78, 5) is 3.30. The number of alkyl halides is 6. The number of benzene rings is 1. The quantitative estimate of drug-likeness (QED) is 0.699. The number of nitrogens with zero attached hydrogens (tertiary/aromatic N) is 3. The van der Waals surface area contributed by atoms with Gasteiger partial charge in [-0.15, -0.1) is 0 Å². The Morgan fingerprint density at radius 1 is 1.14 bits per heavy atom. The summed E-state index contributed by atoms with van der Waals surface area (Å²) < 4.78 is 76.9. The number of aromatic nitrogens is 2. The summed E-state index contributed by atoms with van der Waals surface area (Å²) >= 11 is 2.78. The molecule has 0 saturated heterocycles. The van der Waals surface area contributed by atoms with Crippen LogP contribution in [0.5, 0.6) is 0 Å². The molecule has 2 aromatic rings. The second-order valence-corrected chi connectivity index (χ2v) is 4.86. The van der Waals surface area contributed by atoms with E-state index in [-0.39, 0.29) is 9.99 Å². The maximum atomic E-state index is 12.8. The third-order valence-corrected chi connectivity index (χ3v) is 3.22. The zero-order valence-corrected chi connectivity index (χ0v) is 11.4. The van der Waals surface area contributed by atoms with Crippen LogP contribution in [0, 0.1) is 11.3 Å². The summed E-state index contributed by atoms with van der Waals surface area (Å²) in [5.41, 5.74) is -1.83. The van der Waals surface area contributed by atoms with E-state index in [4.69, 9.17) is 5.26 Å². The van der Waals surface area contributed by atoms with E-state index in [2.05, 4.69) is 20.9 Å². The van der Waals surface area contributed by atoms with Gasteiger partial charge < -0.3 is 4.57 Å². The Balaban J connectivity index is 2.85. The first kappa shape index (κ1) is 15.6. The van der Waals surface area contributed by atoms with Crippen LogP contribution in [-0.4, -0.2) is 9.55 Å². The highest BCUT2D eigenvalue weighted by molar-refractivity contribution is 9.10. The Hall–Kier alpha value is -1.76. The molecule has 0 aliphatic rings. The minimum absolute atomic E-state index is 0.227. The van der Waals surface area contributed by atoms with Crippen LogP contribution in [0.1, 0.15) is 11.4 Å². The van der Waals surface area contributed by atoms with Crippen molar-refractivity contribution < 1.29 is 26.3 Å². The first-order valence-corrected chi connectivity index (χ1v) is 6.06. The van der Waals surface area contributed by atoms with Gasteiger partial charge in [-0.1, -0.05) is 0 Å². The zero-order chi connectivity index (χ0) is 16.0. The summed E-state index contributed by atoms with van der Waals surface area (Å²) in [6.45, 7) is -0.765. The van der Waals surface area contributed by atoms with Crippen molar-refractivity contribution in [2.45, 2.75) is 18.9 Å². The molecule has 2 rings (SSSR count). The van der Waals surface area contributed by atoms with Crippen molar-refractivity contribution in [1.29, 1.82) is 5.26 Å². The summed E-state index contributed by atoms with van der Waals surface area (Å²) in [6.07, 6.45) is -9.61. The van der Waals surface area contributed by atoms with Crippen LogP contribution >= 0.6 is 15.9 Å². The lowest BCUT2D eigenvalue weighted by Gasteiger charge is -2.09. The number of halogens is 7. The molecule has 0 aliphatic heterocycles. The number of rotatable bonds is 1. The van der Waals surface area contributed by atoms with E-state index in [9.17, 15) is 26.3 Å². The normalized spacial score (nSPS) is 12.7. The van der Waals surface area contributed by atoms with Crippen LogP contribution in [0.4, 0.5) is 26.3 Å². The van der Waals surface area contributed by atoms with Crippen molar-refractivity contribution in [3.8, 4) is 6.07 Å². The SMILES string of the molecule is N#CCn1c(C(F)(F)F)nc2c(Br)cc(C(F)(F)F)cc21.